The Balaban J connectivity index is 2.03. The van der Waals surface area contributed by atoms with Crippen molar-refractivity contribution >= 4 is 16.9 Å². The van der Waals surface area contributed by atoms with Gasteiger partial charge in [0.1, 0.15) is 5.69 Å². The smallest absolute Gasteiger partial charge is 0.477 e. The van der Waals surface area contributed by atoms with Crippen LogP contribution in [0.2, 0.25) is 0 Å². The van der Waals surface area contributed by atoms with Gasteiger partial charge in [0.25, 0.3) is 0 Å². The van der Waals surface area contributed by atoms with Crippen molar-refractivity contribution in [2.24, 2.45) is 0 Å². The SMILES string of the molecule is O=c1c(-c2ccccc2)c(O)[n+]2c3ccccc3oc2n1-c1ccccc1. The van der Waals surface area contributed by atoms with E-state index in [4.69, 9.17) is 4.42 Å². The fourth-order valence-electron chi connectivity index (χ4n) is 3.39. The molecule has 0 aliphatic heterocycles. The van der Waals surface area contributed by atoms with Crippen LogP contribution < -0.4 is 9.96 Å². The van der Waals surface area contributed by atoms with Crippen LogP contribution in [0, 0.1) is 0 Å². The molecule has 0 fully saturated rings. The summed E-state index contributed by atoms with van der Waals surface area (Å²) < 4.78 is 9.02. The first kappa shape index (κ1) is 15.4. The number of hydrogen-bond donors (Lipinski definition) is 1. The monoisotopic (exact) mass is 355 g/mol. The summed E-state index contributed by atoms with van der Waals surface area (Å²) in [6.45, 7) is 0. The van der Waals surface area contributed by atoms with E-state index in [-0.39, 0.29) is 22.8 Å². The second kappa shape index (κ2) is 5.85. The zero-order valence-corrected chi connectivity index (χ0v) is 14.2. The van der Waals surface area contributed by atoms with Gasteiger partial charge in [0, 0.05) is 0 Å². The first-order chi connectivity index (χ1) is 13.3. The molecule has 5 rings (SSSR count). The summed E-state index contributed by atoms with van der Waals surface area (Å²) in [7, 11) is 0. The molecule has 0 unspecified atom stereocenters. The summed E-state index contributed by atoms with van der Waals surface area (Å²) in [4.78, 5) is 13.4. The lowest BCUT2D eigenvalue weighted by molar-refractivity contribution is -0.500. The second-order valence-electron chi connectivity index (χ2n) is 6.23. The van der Waals surface area contributed by atoms with Crippen molar-refractivity contribution in [2.45, 2.75) is 0 Å². The highest BCUT2D eigenvalue weighted by Gasteiger charge is 2.30. The molecule has 130 valence electrons. The number of para-hydroxylation sites is 3. The Bertz CT molecular complexity index is 1340. The van der Waals surface area contributed by atoms with Gasteiger partial charge >= 0.3 is 17.3 Å². The highest BCUT2D eigenvalue weighted by Crippen LogP contribution is 2.27. The standard InChI is InChI=1S/C22H14N2O3/c25-20-19(15-9-3-1-4-10-15)21(26)24-17-13-7-8-14-18(17)27-22(24)23(20)16-11-5-2-6-12-16/h1-14H/p+1. The van der Waals surface area contributed by atoms with Crippen LogP contribution in [0.5, 0.6) is 5.88 Å². The van der Waals surface area contributed by atoms with Crippen LogP contribution >= 0.6 is 0 Å². The minimum atomic E-state index is -0.344. The number of oxazole rings is 1. The number of aromatic nitrogens is 2. The predicted molar refractivity (Wildman–Crippen MR) is 102 cm³/mol. The first-order valence-corrected chi connectivity index (χ1v) is 8.58. The van der Waals surface area contributed by atoms with E-state index >= 15 is 0 Å². The number of benzene rings is 3. The summed E-state index contributed by atoms with van der Waals surface area (Å²) in [6.07, 6.45) is 0. The lowest BCUT2D eigenvalue weighted by Gasteiger charge is -2.05. The molecule has 5 heteroatoms. The van der Waals surface area contributed by atoms with Crippen molar-refractivity contribution in [3.05, 3.63) is 95.3 Å². The minimum Gasteiger partial charge on any atom is -0.477 e. The third-order valence-electron chi connectivity index (χ3n) is 4.62. The summed E-state index contributed by atoms with van der Waals surface area (Å²) in [5, 5.41) is 11.0. The fraction of sp³-hybridized carbons (Fsp3) is 0. The largest absolute Gasteiger partial charge is 0.478 e. The Morgan fingerprint density at radius 3 is 2.19 bits per heavy atom. The zero-order valence-electron chi connectivity index (χ0n) is 14.2. The van der Waals surface area contributed by atoms with Crippen LogP contribution in [0.3, 0.4) is 0 Å². The van der Waals surface area contributed by atoms with Crippen LogP contribution in [0.1, 0.15) is 0 Å². The molecule has 0 bridgehead atoms. The van der Waals surface area contributed by atoms with Crippen molar-refractivity contribution in [1.29, 1.82) is 0 Å². The lowest BCUT2D eigenvalue weighted by atomic mass is 10.1. The lowest BCUT2D eigenvalue weighted by Crippen LogP contribution is -2.33. The average molecular weight is 355 g/mol. The quantitative estimate of drug-likeness (QED) is 0.491. The van der Waals surface area contributed by atoms with E-state index in [1.165, 1.54) is 4.57 Å². The number of aromatic hydroxyl groups is 1. The van der Waals surface area contributed by atoms with Gasteiger partial charge in [-0.2, -0.15) is 0 Å². The van der Waals surface area contributed by atoms with E-state index in [1.807, 2.05) is 72.8 Å². The van der Waals surface area contributed by atoms with Gasteiger partial charge in [0.05, 0.1) is 0 Å². The molecular formula is C22H15N2O3+. The molecule has 0 amide bonds. The van der Waals surface area contributed by atoms with Crippen LogP contribution in [0.4, 0.5) is 0 Å². The van der Waals surface area contributed by atoms with Gasteiger partial charge in [-0.1, -0.05) is 60.7 Å². The van der Waals surface area contributed by atoms with Crippen molar-refractivity contribution in [1.82, 2.24) is 4.57 Å². The molecule has 0 spiro atoms. The van der Waals surface area contributed by atoms with Gasteiger partial charge in [-0.05, 0) is 29.8 Å². The molecule has 1 N–H and O–H groups in total. The Morgan fingerprint density at radius 2 is 1.44 bits per heavy atom. The van der Waals surface area contributed by atoms with E-state index < -0.39 is 0 Å². The van der Waals surface area contributed by atoms with Gasteiger partial charge in [-0.3, -0.25) is 0 Å². The molecule has 0 atom stereocenters. The summed E-state index contributed by atoms with van der Waals surface area (Å²) in [5.74, 6) is 0.114. The van der Waals surface area contributed by atoms with Gasteiger partial charge in [-0.15, -0.1) is 8.97 Å². The zero-order chi connectivity index (χ0) is 18.4. The molecule has 0 saturated heterocycles. The first-order valence-electron chi connectivity index (χ1n) is 8.58. The topological polar surface area (TPSA) is 59.5 Å². The number of rotatable bonds is 2. The number of fused-ring (bicyclic) bond motifs is 3. The molecule has 0 radical (unpaired) electrons. The maximum absolute atomic E-state index is 13.4. The fourth-order valence-corrected chi connectivity index (χ4v) is 3.39. The summed E-state index contributed by atoms with van der Waals surface area (Å²) in [5.41, 5.74) is 2.46. The van der Waals surface area contributed by atoms with Crippen molar-refractivity contribution in [3.8, 4) is 22.7 Å². The van der Waals surface area contributed by atoms with E-state index in [0.29, 0.717) is 22.4 Å². The maximum Gasteiger partial charge on any atom is 0.478 e. The van der Waals surface area contributed by atoms with Crippen LogP contribution in [-0.2, 0) is 0 Å². The van der Waals surface area contributed by atoms with Crippen molar-refractivity contribution in [3.63, 3.8) is 0 Å². The van der Waals surface area contributed by atoms with E-state index in [1.54, 1.807) is 16.5 Å². The number of nitrogens with zero attached hydrogens (tertiary/aromatic N) is 2. The highest BCUT2D eigenvalue weighted by molar-refractivity contribution is 5.73. The van der Waals surface area contributed by atoms with Crippen LogP contribution in [-0.4, -0.2) is 9.67 Å². The van der Waals surface area contributed by atoms with Crippen molar-refractivity contribution in [2.75, 3.05) is 0 Å². The van der Waals surface area contributed by atoms with Crippen LogP contribution in [0.25, 0.3) is 33.8 Å². The number of hydrogen-bond acceptors (Lipinski definition) is 3. The molecule has 0 aliphatic carbocycles. The average Bonchev–Trinajstić information content (AvgIpc) is 3.09. The van der Waals surface area contributed by atoms with E-state index in [0.717, 1.165) is 0 Å². The molecule has 0 aliphatic rings. The molecule has 2 aromatic heterocycles. The minimum absolute atomic E-state index is 0.140. The molecule has 27 heavy (non-hydrogen) atoms. The predicted octanol–water partition coefficient (Wildman–Crippen LogP) is 3.70. The third-order valence-corrected chi connectivity index (χ3v) is 4.62. The Kier molecular flexibility index (Phi) is 3.33. The molecule has 5 aromatic rings. The Labute approximate surface area is 154 Å². The molecule has 3 aromatic carbocycles. The van der Waals surface area contributed by atoms with Gasteiger partial charge in [0.2, 0.25) is 0 Å². The summed E-state index contributed by atoms with van der Waals surface area (Å²) >= 11 is 0. The van der Waals surface area contributed by atoms with E-state index in [2.05, 4.69) is 0 Å². The molecule has 5 nitrogen and oxygen atoms in total. The molecular weight excluding hydrogens is 340 g/mol. The highest BCUT2D eigenvalue weighted by atomic mass is 16.4. The van der Waals surface area contributed by atoms with Gasteiger partial charge in [-0.25, -0.2) is 4.79 Å². The Hall–Kier alpha value is -3.86. The Morgan fingerprint density at radius 1 is 0.815 bits per heavy atom. The summed E-state index contributed by atoms with van der Waals surface area (Å²) in [6, 6.07) is 25.8. The van der Waals surface area contributed by atoms with Crippen LogP contribution in [0.15, 0.2) is 94.1 Å². The van der Waals surface area contributed by atoms with Gasteiger partial charge < -0.3 is 9.52 Å². The molecule has 0 saturated carbocycles. The molecule has 2 heterocycles. The second-order valence-corrected chi connectivity index (χ2v) is 6.23. The van der Waals surface area contributed by atoms with E-state index in [9.17, 15) is 9.90 Å². The normalized spacial score (nSPS) is 11.3. The maximum atomic E-state index is 13.4. The van der Waals surface area contributed by atoms with Crippen molar-refractivity contribution < 1.29 is 13.9 Å². The third kappa shape index (κ3) is 2.25. The van der Waals surface area contributed by atoms with Gasteiger partial charge in [0.15, 0.2) is 16.7 Å².